The summed E-state index contributed by atoms with van der Waals surface area (Å²) in [6, 6.07) is 1.62. The summed E-state index contributed by atoms with van der Waals surface area (Å²) < 4.78 is 10.5. The Morgan fingerprint density at radius 2 is 2.33 bits per heavy atom. The van der Waals surface area contributed by atoms with Crippen LogP contribution in [0, 0.1) is 0 Å². The first-order valence-electron chi connectivity index (χ1n) is 6.79. The Balaban J connectivity index is 1.78. The number of H-pyrrole nitrogens is 1. The summed E-state index contributed by atoms with van der Waals surface area (Å²) in [5.41, 5.74) is 3.73. The number of nitrogens with one attached hydrogen (secondary N) is 2. The lowest BCUT2D eigenvalue weighted by molar-refractivity contribution is -0.116. The third kappa shape index (κ3) is 2.96. The lowest BCUT2D eigenvalue weighted by Gasteiger charge is -2.02. The number of amides is 1. The molecule has 1 saturated carbocycles. The van der Waals surface area contributed by atoms with Crippen molar-refractivity contribution in [3.63, 3.8) is 0 Å². The summed E-state index contributed by atoms with van der Waals surface area (Å²) in [6.45, 7) is 2.06. The molecule has 0 saturated heterocycles. The van der Waals surface area contributed by atoms with Gasteiger partial charge < -0.3 is 14.5 Å². The Hall–Kier alpha value is -2.57. The maximum Gasteiger partial charge on any atom is 0.339 e. The lowest BCUT2D eigenvalue weighted by atomic mass is 10.2. The van der Waals surface area contributed by atoms with Crippen molar-refractivity contribution in [2.75, 3.05) is 6.61 Å². The minimum absolute atomic E-state index is 0.151. The van der Waals surface area contributed by atoms with E-state index >= 15 is 0 Å². The van der Waals surface area contributed by atoms with Gasteiger partial charge in [-0.3, -0.25) is 4.79 Å². The molecule has 0 radical (unpaired) electrons. The normalized spacial score (nSPS) is 19.4. The molecule has 21 heavy (non-hydrogen) atoms. The molecule has 2 heterocycles. The van der Waals surface area contributed by atoms with E-state index in [9.17, 15) is 9.59 Å². The second kappa shape index (κ2) is 5.43. The Bertz CT molecular complexity index is 640. The highest BCUT2D eigenvalue weighted by Crippen LogP contribution is 2.26. The average molecular weight is 289 g/mol. The number of carbonyl (C=O) groups excluding carboxylic acids is 2. The van der Waals surface area contributed by atoms with Crippen LogP contribution in [-0.4, -0.2) is 35.5 Å². The topological polar surface area (TPSA) is 92.8 Å². The maximum atomic E-state index is 11.8. The van der Waals surface area contributed by atoms with Crippen LogP contribution in [0.3, 0.4) is 0 Å². The van der Waals surface area contributed by atoms with Crippen LogP contribution in [0.25, 0.3) is 6.08 Å². The number of ether oxygens (including phenoxy) is 2. The van der Waals surface area contributed by atoms with Gasteiger partial charge in [-0.15, -0.1) is 5.10 Å². The molecule has 0 unspecified atom stereocenters. The molecule has 1 aromatic rings. The van der Waals surface area contributed by atoms with Crippen LogP contribution >= 0.6 is 0 Å². The third-order valence-electron chi connectivity index (χ3n) is 3.05. The monoisotopic (exact) mass is 289 g/mol. The zero-order chi connectivity index (χ0) is 14.8. The Morgan fingerprint density at radius 3 is 3.05 bits per heavy atom. The standard InChI is InChI=1S/C14H15N3O4/c1-2-20-14(19)8-5-9(15-7-8)6-11-12(18)16-17-13(11)21-10-3-4-10/h5-7,10,15H,2-4H2,1H3,(H,16,18)/b11-6-. The van der Waals surface area contributed by atoms with E-state index in [1.807, 2.05) is 0 Å². The van der Waals surface area contributed by atoms with E-state index in [-0.39, 0.29) is 12.0 Å². The van der Waals surface area contributed by atoms with Crippen LogP contribution in [0.4, 0.5) is 0 Å². The third-order valence-corrected chi connectivity index (χ3v) is 3.05. The predicted octanol–water partition coefficient (Wildman–Crippen LogP) is 1.20. The molecular formula is C14H15N3O4. The van der Waals surface area contributed by atoms with Gasteiger partial charge in [0.15, 0.2) is 0 Å². The van der Waals surface area contributed by atoms with E-state index in [0.29, 0.717) is 29.3 Å². The van der Waals surface area contributed by atoms with E-state index in [4.69, 9.17) is 9.47 Å². The highest BCUT2D eigenvalue weighted by molar-refractivity contribution is 6.24. The molecule has 1 aliphatic carbocycles. The molecule has 0 spiro atoms. The maximum absolute atomic E-state index is 11.8. The number of esters is 1. The van der Waals surface area contributed by atoms with Crippen molar-refractivity contribution in [1.82, 2.24) is 10.4 Å². The Labute approximate surface area is 121 Å². The first kappa shape index (κ1) is 13.4. The van der Waals surface area contributed by atoms with Gasteiger partial charge in [0.2, 0.25) is 5.90 Å². The summed E-state index contributed by atoms with van der Waals surface area (Å²) in [5.74, 6) is -0.426. The van der Waals surface area contributed by atoms with Gasteiger partial charge in [0.05, 0.1) is 12.2 Å². The lowest BCUT2D eigenvalue weighted by Crippen LogP contribution is -2.14. The number of carbonyl (C=O) groups is 2. The molecule has 2 N–H and O–H groups in total. The fourth-order valence-corrected chi connectivity index (χ4v) is 1.86. The fourth-order valence-electron chi connectivity index (χ4n) is 1.86. The van der Waals surface area contributed by atoms with Gasteiger partial charge in [0.1, 0.15) is 11.7 Å². The van der Waals surface area contributed by atoms with Gasteiger partial charge in [0, 0.05) is 11.9 Å². The van der Waals surface area contributed by atoms with Crippen LogP contribution in [0.15, 0.2) is 22.9 Å². The summed E-state index contributed by atoms with van der Waals surface area (Å²) >= 11 is 0. The van der Waals surface area contributed by atoms with Crippen LogP contribution in [0.5, 0.6) is 0 Å². The Morgan fingerprint density at radius 1 is 1.52 bits per heavy atom. The van der Waals surface area contributed by atoms with Gasteiger partial charge in [0.25, 0.3) is 5.91 Å². The molecule has 110 valence electrons. The van der Waals surface area contributed by atoms with Crippen molar-refractivity contribution in [3.05, 3.63) is 29.1 Å². The van der Waals surface area contributed by atoms with Crippen molar-refractivity contribution in [3.8, 4) is 0 Å². The van der Waals surface area contributed by atoms with Gasteiger partial charge in [-0.05, 0) is 31.9 Å². The first-order chi connectivity index (χ1) is 10.2. The van der Waals surface area contributed by atoms with E-state index in [1.54, 1.807) is 19.1 Å². The van der Waals surface area contributed by atoms with E-state index in [1.165, 1.54) is 6.20 Å². The molecular weight excluding hydrogens is 274 g/mol. The SMILES string of the molecule is CCOC(=O)c1c[nH]c(/C=C2/C(=O)NN=C2OC2CC2)c1. The fraction of sp³-hybridized carbons (Fsp3) is 0.357. The van der Waals surface area contributed by atoms with Crippen molar-refractivity contribution in [1.29, 1.82) is 0 Å². The van der Waals surface area contributed by atoms with Crippen LogP contribution < -0.4 is 5.43 Å². The molecule has 7 heteroatoms. The van der Waals surface area contributed by atoms with Crippen molar-refractivity contribution in [2.45, 2.75) is 25.9 Å². The largest absolute Gasteiger partial charge is 0.473 e. The van der Waals surface area contributed by atoms with Gasteiger partial charge in [-0.25, -0.2) is 10.2 Å². The summed E-state index contributed by atoms with van der Waals surface area (Å²) in [5, 5.41) is 3.87. The number of aromatic nitrogens is 1. The first-order valence-corrected chi connectivity index (χ1v) is 6.79. The second-order valence-electron chi connectivity index (χ2n) is 4.80. The minimum atomic E-state index is -0.405. The van der Waals surface area contributed by atoms with Crippen LogP contribution in [-0.2, 0) is 14.3 Å². The summed E-state index contributed by atoms with van der Waals surface area (Å²) in [6.07, 6.45) is 5.26. The van der Waals surface area contributed by atoms with Crippen molar-refractivity contribution in [2.24, 2.45) is 5.10 Å². The molecule has 2 aliphatic rings. The zero-order valence-corrected chi connectivity index (χ0v) is 11.5. The number of hydrazone groups is 1. The number of hydrogen-bond donors (Lipinski definition) is 2. The molecule has 1 amide bonds. The molecule has 0 bridgehead atoms. The summed E-state index contributed by atoms with van der Waals surface area (Å²) in [7, 11) is 0. The molecule has 0 atom stereocenters. The van der Waals surface area contributed by atoms with Crippen LogP contribution in [0.1, 0.15) is 35.8 Å². The average Bonchev–Trinajstić information content (AvgIpc) is 3.05. The predicted molar refractivity (Wildman–Crippen MR) is 74.4 cm³/mol. The van der Waals surface area contributed by atoms with Gasteiger partial charge >= 0.3 is 5.97 Å². The van der Waals surface area contributed by atoms with Crippen molar-refractivity contribution < 1.29 is 19.1 Å². The minimum Gasteiger partial charge on any atom is -0.473 e. The van der Waals surface area contributed by atoms with E-state index < -0.39 is 5.97 Å². The Kier molecular flexibility index (Phi) is 3.47. The number of aromatic amines is 1. The number of nitrogens with zero attached hydrogens (tertiary/aromatic N) is 1. The number of rotatable bonds is 4. The highest BCUT2D eigenvalue weighted by atomic mass is 16.5. The number of hydrogen-bond acceptors (Lipinski definition) is 5. The van der Waals surface area contributed by atoms with E-state index in [0.717, 1.165) is 12.8 Å². The summed E-state index contributed by atoms with van der Waals surface area (Å²) in [4.78, 5) is 26.3. The van der Waals surface area contributed by atoms with Crippen LogP contribution in [0.2, 0.25) is 0 Å². The highest BCUT2D eigenvalue weighted by Gasteiger charge is 2.31. The van der Waals surface area contributed by atoms with Gasteiger partial charge in [-0.1, -0.05) is 0 Å². The quantitative estimate of drug-likeness (QED) is 0.643. The zero-order valence-electron chi connectivity index (χ0n) is 11.5. The van der Waals surface area contributed by atoms with E-state index in [2.05, 4.69) is 15.5 Å². The molecule has 1 fully saturated rings. The van der Waals surface area contributed by atoms with Gasteiger partial charge in [-0.2, -0.15) is 0 Å². The smallest absolute Gasteiger partial charge is 0.339 e. The molecule has 1 aliphatic heterocycles. The molecule has 0 aromatic carbocycles. The second-order valence-corrected chi connectivity index (χ2v) is 4.80. The molecule has 7 nitrogen and oxygen atoms in total. The molecule has 3 rings (SSSR count). The van der Waals surface area contributed by atoms with Crippen molar-refractivity contribution >= 4 is 23.9 Å². The molecule has 1 aromatic heterocycles.